The summed E-state index contributed by atoms with van der Waals surface area (Å²) in [7, 11) is 1.63. The van der Waals surface area contributed by atoms with Gasteiger partial charge in [0, 0.05) is 17.3 Å². The number of carbonyl (C=O) groups excluding carboxylic acids is 1. The van der Waals surface area contributed by atoms with E-state index in [1.165, 1.54) is 0 Å². The lowest BCUT2D eigenvalue weighted by molar-refractivity contribution is 0.0948. The molecule has 6 nitrogen and oxygen atoms in total. The molecule has 0 fully saturated rings. The topological polar surface area (TPSA) is 76.1 Å². The maximum absolute atomic E-state index is 12.2. The van der Waals surface area contributed by atoms with Gasteiger partial charge < -0.3 is 15.4 Å². The van der Waals surface area contributed by atoms with E-state index in [4.69, 9.17) is 16.3 Å². The smallest absolute Gasteiger partial charge is 0.271 e. The van der Waals surface area contributed by atoms with E-state index in [1.54, 1.807) is 31.4 Å². The molecule has 138 valence electrons. The number of halogens is 1. The molecule has 27 heavy (non-hydrogen) atoms. The summed E-state index contributed by atoms with van der Waals surface area (Å²) in [5.74, 6) is 1.07. The first-order chi connectivity index (χ1) is 13.1. The molecule has 0 spiro atoms. The Morgan fingerprint density at radius 1 is 1.07 bits per heavy atom. The number of carbonyl (C=O) groups is 1. The van der Waals surface area contributed by atoms with Crippen LogP contribution in [-0.4, -0.2) is 29.8 Å². The van der Waals surface area contributed by atoms with Crippen molar-refractivity contribution in [3.05, 3.63) is 76.9 Å². The Hall–Kier alpha value is -3.12. The van der Waals surface area contributed by atoms with Gasteiger partial charge in [0.05, 0.1) is 7.11 Å². The number of benzene rings is 2. The summed E-state index contributed by atoms with van der Waals surface area (Å²) in [6.07, 6.45) is 0.699. The van der Waals surface area contributed by atoms with Crippen LogP contribution in [-0.2, 0) is 6.42 Å². The van der Waals surface area contributed by atoms with E-state index in [2.05, 4.69) is 20.8 Å². The van der Waals surface area contributed by atoms with Gasteiger partial charge in [0.15, 0.2) is 11.5 Å². The van der Waals surface area contributed by atoms with Gasteiger partial charge in [-0.2, -0.15) is 0 Å². The van der Waals surface area contributed by atoms with Crippen LogP contribution in [0.5, 0.6) is 5.75 Å². The summed E-state index contributed by atoms with van der Waals surface area (Å²) in [5.41, 5.74) is 2.14. The van der Waals surface area contributed by atoms with Crippen molar-refractivity contribution in [3.63, 3.8) is 0 Å². The predicted molar refractivity (Wildman–Crippen MR) is 106 cm³/mol. The highest BCUT2D eigenvalue weighted by atomic mass is 35.5. The molecule has 0 atom stereocenters. The fourth-order valence-corrected chi connectivity index (χ4v) is 2.66. The fourth-order valence-electron chi connectivity index (χ4n) is 2.47. The number of ether oxygens (including phenoxy) is 1. The van der Waals surface area contributed by atoms with E-state index in [-0.39, 0.29) is 11.6 Å². The molecule has 3 rings (SSSR count). The van der Waals surface area contributed by atoms with E-state index in [0.29, 0.717) is 23.8 Å². The third-order valence-electron chi connectivity index (χ3n) is 3.83. The Morgan fingerprint density at radius 3 is 2.67 bits per heavy atom. The zero-order valence-corrected chi connectivity index (χ0v) is 15.5. The molecule has 0 saturated carbocycles. The lowest BCUT2D eigenvalue weighted by Gasteiger charge is -2.07. The minimum atomic E-state index is -0.264. The van der Waals surface area contributed by atoms with Crippen molar-refractivity contribution in [2.24, 2.45) is 0 Å². The van der Waals surface area contributed by atoms with E-state index >= 15 is 0 Å². The summed E-state index contributed by atoms with van der Waals surface area (Å²) in [6.45, 7) is 0.496. The second-order valence-corrected chi connectivity index (χ2v) is 6.23. The number of methoxy groups -OCH3 is 1. The molecule has 3 aromatic rings. The average molecular weight is 383 g/mol. The number of rotatable bonds is 7. The Balaban J connectivity index is 1.52. The maximum Gasteiger partial charge on any atom is 0.271 e. The van der Waals surface area contributed by atoms with Crippen molar-refractivity contribution in [2.45, 2.75) is 6.42 Å². The van der Waals surface area contributed by atoms with Crippen LogP contribution >= 0.6 is 11.6 Å². The maximum atomic E-state index is 12.2. The molecule has 0 bridgehead atoms. The summed E-state index contributed by atoms with van der Waals surface area (Å²) in [4.78, 5) is 12.2. The molecular weight excluding hydrogens is 364 g/mol. The molecule has 7 heteroatoms. The van der Waals surface area contributed by atoms with Crippen molar-refractivity contribution in [2.75, 3.05) is 19.0 Å². The van der Waals surface area contributed by atoms with Gasteiger partial charge in [-0.05, 0) is 54.4 Å². The molecule has 1 aromatic heterocycles. The summed E-state index contributed by atoms with van der Waals surface area (Å²) in [5, 5.41) is 14.6. The first-order valence-electron chi connectivity index (χ1n) is 8.41. The number of aromatic nitrogens is 2. The van der Waals surface area contributed by atoms with Crippen molar-refractivity contribution in [3.8, 4) is 5.75 Å². The van der Waals surface area contributed by atoms with E-state index in [1.807, 2.05) is 36.4 Å². The lowest BCUT2D eigenvalue weighted by Crippen LogP contribution is -2.26. The second kappa shape index (κ2) is 9.00. The number of hydrogen-bond donors (Lipinski definition) is 2. The summed E-state index contributed by atoms with van der Waals surface area (Å²) in [6, 6.07) is 18.3. The Labute approximate surface area is 162 Å². The zero-order chi connectivity index (χ0) is 19.1. The third kappa shape index (κ3) is 5.43. The average Bonchev–Trinajstić information content (AvgIpc) is 2.69. The fraction of sp³-hybridized carbons (Fsp3) is 0.150. The summed E-state index contributed by atoms with van der Waals surface area (Å²) >= 11 is 5.95. The number of hydrogen-bond acceptors (Lipinski definition) is 5. The van der Waals surface area contributed by atoms with Crippen LogP contribution < -0.4 is 15.4 Å². The minimum Gasteiger partial charge on any atom is -0.497 e. The van der Waals surface area contributed by atoms with Gasteiger partial charge in [-0.1, -0.05) is 29.8 Å². The van der Waals surface area contributed by atoms with Crippen molar-refractivity contribution in [1.29, 1.82) is 0 Å². The molecule has 2 aromatic carbocycles. The van der Waals surface area contributed by atoms with Gasteiger partial charge in [0.25, 0.3) is 5.91 Å². The molecule has 0 aliphatic rings. The second-order valence-electron chi connectivity index (χ2n) is 5.80. The largest absolute Gasteiger partial charge is 0.497 e. The van der Waals surface area contributed by atoms with E-state index in [0.717, 1.165) is 17.0 Å². The Bertz CT molecular complexity index is 916. The molecule has 2 N–H and O–H groups in total. The molecule has 0 aliphatic heterocycles. The van der Waals surface area contributed by atoms with Crippen LogP contribution in [0.3, 0.4) is 0 Å². The van der Waals surface area contributed by atoms with Crippen LogP contribution in [0.15, 0.2) is 60.7 Å². The van der Waals surface area contributed by atoms with Crippen molar-refractivity contribution < 1.29 is 9.53 Å². The SMILES string of the molecule is COc1cccc(CCNC(=O)c2ccc(Nc3cccc(Cl)c3)nn2)c1. The monoisotopic (exact) mass is 382 g/mol. The van der Waals surface area contributed by atoms with Crippen LogP contribution in [0.25, 0.3) is 0 Å². The highest BCUT2D eigenvalue weighted by Crippen LogP contribution is 2.18. The van der Waals surface area contributed by atoms with Crippen molar-refractivity contribution >= 4 is 29.0 Å². The molecule has 0 saturated heterocycles. The van der Waals surface area contributed by atoms with Crippen molar-refractivity contribution in [1.82, 2.24) is 15.5 Å². The van der Waals surface area contributed by atoms with Gasteiger partial charge in [0.2, 0.25) is 0 Å². The highest BCUT2D eigenvalue weighted by Gasteiger charge is 2.08. The van der Waals surface area contributed by atoms with Gasteiger partial charge in [-0.15, -0.1) is 10.2 Å². The van der Waals surface area contributed by atoms with Gasteiger partial charge in [0.1, 0.15) is 5.75 Å². The zero-order valence-electron chi connectivity index (χ0n) is 14.8. The van der Waals surface area contributed by atoms with Crippen LogP contribution in [0.1, 0.15) is 16.1 Å². The van der Waals surface area contributed by atoms with Gasteiger partial charge in [-0.25, -0.2) is 0 Å². The molecule has 1 amide bonds. The van der Waals surface area contributed by atoms with E-state index in [9.17, 15) is 4.79 Å². The van der Waals surface area contributed by atoms with E-state index < -0.39 is 0 Å². The quantitative estimate of drug-likeness (QED) is 0.649. The summed E-state index contributed by atoms with van der Waals surface area (Å²) < 4.78 is 5.19. The first kappa shape index (κ1) is 18.7. The number of amides is 1. The van der Waals surface area contributed by atoms with Crippen LogP contribution in [0.4, 0.5) is 11.5 Å². The number of nitrogens with zero attached hydrogens (tertiary/aromatic N) is 2. The lowest BCUT2D eigenvalue weighted by atomic mass is 10.1. The number of nitrogens with one attached hydrogen (secondary N) is 2. The molecule has 0 unspecified atom stereocenters. The predicted octanol–water partition coefficient (Wildman–Crippen LogP) is 3.85. The normalized spacial score (nSPS) is 10.3. The Kier molecular flexibility index (Phi) is 6.22. The molecule has 1 heterocycles. The molecule has 0 radical (unpaired) electrons. The molecular formula is C20H19ClN4O2. The molecule has 0 aliphatic carbocycles. The first-order valence-corrected chi connectivity index (χ1v) is 8.79. The van der Waals surface area contributed by atoms with Crippen LogP contribution in [0.2, 0.25) is 5.02 Å². The van der Waals surface area contributed by atoms with Crippen LogP contribution in [0, 0.1) is 0 Å². The Morgan fingerprint density at radius 2 is 1.93 bits per heavy atom. The standard InChI is InChI=1S/C20H19ClN4O2/c1-27-17-7-2-4-14(12-17)10-11-22-20(26)18-8-9-19(25-24-18)23-16-6-3-5-15(21)13-16/h2-9,12-13H,10-11H2,1H3,(H,22,26)(H,23,25). The minimum absolute atomic E-state index is 0.261. The highest BCUT2D eigenvalue weighted by molar-refractivity contribution is 6.30. The third-order valence-corrected chi connectivity index (χ3v) is 4.06. The van der Waals surface area contributed by atoms with Gasteiger partial charge in [-0.3, -0.25) is 4.79 Å². The van der Waals surface area contributed by atoms with Gasteiger partial charge >= 0.3 is 0 Å². The number of anilines is 2.